The van der Waals surface area contributed by atoms with Crippen LogP contribution < -0.4 is 5.32 Å². The lowest BCUT2D eigenvalue weighted by molar-refractivity contribution is -0.149. The molecule has 5 heteroatoms. The lowest BCUT2D eigenvalue weighted by Crippen LogP contribution is -2.42. The number of aliphatic carboxylic acids is 1. The van der Waals surface area contributed by atoms with Crippen LogP contribution in [0.2, 0.25) is 0 Å². The summed E-state index contributed by atoms with van der Waals surface area (Å²) >= 11 is 0. The van der Waals surface area contributed by atoms with Crippen LogP contribution in [0, 0.1) is 12.3 Å². The van der Waals surface area contributed by atoms with Gasteiger partial charge in [0.15, 0.2) is 0 Å². The van der Waals surface area contributed by atoms with Crippen molar-refractivity contribution in [2.45, 2.75) is 45.4 Å². The molecule has 0 bridgehead atoms. The number of carboxylic acids is 1. The Bertz CT molecular complexity index is 520. The van der Waals surface area contributed by atoms with E-state index in [1.165, 1.54) is 0 Å². The van der Waals surface area contributed by atoms with Gasteiger partial charge in [-0.15, -0.1) is 0 Å². The molecule has 1 saturated carbocycles. The van der Waals surface area contributed by atoms with Crippen LogP contribution in [0.5, 0.6) is 0 Å². The van der Waals surface area contributed by atoms with Gasteiger partial charge in [-0.3, -0.25) is 14.6 Å². The quantitative estimate of drug-likeness (QED) is 0.835. The zero-order valence-electron chi connectivity index (χ0n) is 12.4. The molecule has 0 aromatic carbocycles. The molecule has 5 nitrogen and oxygen atoms in total. The summed E-state index contributed by atoms with van der Waals surface area (Å²) in [5, 5.41) is 12.4. The van der Waals surface area contributed by atoms with Gasteiger partial charge < -0.3 is 10.4 Å². The minimum Gasteiger partial charge on any atom is -0.481 e. The van der Waals surface area contributed by atoms with Crippen molar-refractivity contribution in [2.24, 2.45) is 5.41 Å². The van der Waals surface area contributed by atoms with Crippen molar-refractivity contribution in [3.8, 4) is 0 Å². The highest BCUT2D eigenvalue weighted by atomic mass is 16.4. The number of nitrogens with zero attached hydrogens (tertiary/aromatic N) is 1. The Kier molecular flexibility index (Phi) is 4.94. The van der Waals surface area contributed by atoms with Gasteiger partial charge in [0.1, 0.15) is 0 Å². The lowest BCUT2D eigenvalue weighted by atomic mass is 9.80. The SMILES string of the molecule is Cc1cc(C(=O)NCC2(C(=O)O)CCCCCC2)ccn1. The van der Waals surface area contributed by atoms with Crippen molar-refractivity contribution in [1.82, 2.24) is 10.3 Å². The summed E-state index contributed by atoms with van der Waals surface area (Å²) in [4.78, 5) is 27.9. The molecular weight excluding hydrogens is 268 g/mol. The first-order valence-electron chi connectivity index (χ1n) is 7.48. The van der Waals surface area contributed by atoms with Crippen molar-refractivity contribution < 1.29 is 14.7 Å². The maximum atomic E-state index is 12.2. The van der Waals surface area contributed by atoms with Gasteiger partial charge in [-0.25, -0.2) is 0 Å². The van der Waals surface area contributed by atoms with Gasteiger partial charge in [0.05, 0.1) is 5.41 Å². The second kappa shape index (κ2) is 6.70. The molecule has 1 aromatic rings. The molecule has 0 spiro atoms. The minimum absolute atomic E-state index is 0.197. The Morgan fingerprint density at radius 2 is 1.95 bits per heavy atom. The summed E-state index contributed by atoms with van der Waals surface area (Å²) in [6.07, 6.45) is 6.84. The summed E-state index contributed by atoms with van der Waals surface area (Å²) in [6, 6.07) is 3.35. The number of carboxylic acid groups (broad SMARTS) is 1. The van der Waals surface area contributed by atoms with Gasteiger partial charge in [0.2, 0.25) is 0 Å². The summed E-state index contributed by atoms with van der Waals surface area (Å²) in [5.74, 6) is -1.03. The number of nitrogens with one attached hydrogen (secondary N) is 1. The second-order valence-corrected chi connectivity index (χ2v) is 5.87. The fourth-order valence-electron chi connectivity index (χ4n) is 2.91. The largest absolute Gasteiger partial charge is 0.481 e. The van der Waals surface area contributed by atoms with Crippen LogP contribution in [-0.2, 0) is 4.79 Å². The normalized spacial score (nSPS) is 17.8. The molecule has 2 rings (SSSR count). The fraction of sp³-hybridized carbons (Fsp3) is 0.562. The van der Waals surface area contributed by atoms with Gasteiger partial charge in [-0.2, -0.15) is 0 Å². The van der Waals surface area contributed by atoms with Gasteiger partial charge in [0.25, 0.3) is 5.91 Å². The van der Waals surface area contributed by atoms with E-state index in [0.717, 1.165) is 31.4 Å². The number of rotatable bonds is 4. The van der Waals surface area contributed by atoms with Crippen molar-refractivity contribution in [3.05, 3.63) is 29.6 Å². The van der Waals surface area contributed by atoms with E-state index in [9.17, 15) is 14.7 Å². The first kappa shape index (κ1) is 15.5. The van der Waals surface area contributed by atoms with Crippen LogP contribution >= 0.6 is 0 Å². The standard InChI is InChI=1S/C16H22N2O3/c1-12-10-13(6-9-17-12)14(19)18-11-16(15(20)21)7-4-2-3-5-8-16/h6,9-10H,2-5,7-8,11H2,1H3,(H,18,19)(H,20,21). The Labute approximate surface area is 124 Å². The van der Waals surface area contributed by atoms with E-state index in [2.05, 4.69) is 10.3 Å². The van der Waals surface area contributed by atoms with Crippen LogP contribution in [-0.4, -0.2) is 28.5 Å². The topological polar surface area (TPSA) is 79.3 Å². The van der Waals surface area contributed by atoms with Crippen LogP contribution in [0.15, 0.2) is 18.3 Å². The highest BCUT2D eigenvalue weighted by Crippen LogP contribution is 2.34. The van der Waals surface area contributed by atoms with E-state index in [1.54, 1.807) is 18.3 Å². The number of aromatic nitrogens is 1. The Morgan fingerprint density at radius 3 is 2.52 bits per heavy atom. The van der Waals surface area contributed by atoms with Crippen LogP contribution in [0.25, 0.3) is 0 Å². The zero-order valence-corrected chi connectivity index (χ0v) is 12.4. The van der Waals surface area contributed by atoms with Crippen molar-refractivity contribution in [3.63, 3.8) is 0 Å². The summed E-state index contributed by atoms with van der Waals surface area (Å²) in [7, 11) is 0. The van der Waals surface area contributed by atoms with E-state index in [4.69, 9.17) is 0 Å². The van der Waals surface area contributed by atoms with Gasteiger partial charge >= 0.3 is 5.97 Å². The molecule has 1 aliphatic rings. The smallest absolute Gasteiger partial charge is 0.311 e. The van der Waals surface area contributed by atoms with Crippen LogP contribution in [0.3, 0.4) is 0 Å². The molecular formula is C16H22N2O3. The van der Waals surface area contributed by atoms with E-state index >= 15 is 0 Å². The molecule has 0 unspecified atom stereocenters. The molecule has 2 N–H and O–H groups in total. The first-order valence-corrected chi connectivity index (χ1v) is 7.48. The molecule has 0 saturated heterocycles. The molecule has 0 atom stereocenters. The molecule has 21 heavy (non-hydrogen) atoms. The minimum atomic E-state index is -0.811. The Hall–Kier alpha value is -1.91. The average Bonchev–Trinajstić information content (AvgIpc) is 2.71. The number of aryl methyl sites for hydroxylation is 1. The van der Waals surface area contributed by atoms with E-state index in [-0.39, 0.29) is 12.5 Å². The molecule has 114 valence electrons. The number of carbonyl (C=O) groups excluding carboxylic acids is 1. The fourth-order valence-corrected chi connectivity index (χ4v) is 2.91. The van der Waals surface area contributed by atoms with Crippen molar-refractivity contribution >= 4 is 11.9 Å². The van der Waals surface area contributed by atoms with E-state index in [1.807, 2.05) is 6.92 Å². The lowest BCUT2D eigenvalue weighted by Gasteiger charge is -2.28. The van der Waals surface area contributed by atoms with Crippen molar-refractivity contribution in [1.29, 1.82) is 0 Å². The van der Waals surface area contributed by atoms with Gasteiger partial charge in [-0.1, -0.05) is 25.7 Å². The van der Waals surface area contributed by atoms with Gasteiger partial charge in [-0.05, 0) is 31.9 Å². The predicted molar refractivity (Wildman–Crippen MR) is 79.1 cm³/mol. The molecule has 0 aliphatic heterocycles. The molecule has 1 aliphatic carbocycles. The molecule has 0 radical (unpaired) electrons. The molecule has 1 aromatic heterocycles. The third kappa shape index (κ3) is 3.80. The Morgan fingerprint density at radius 1 is 1.29 bits per heavy atom. The van der Waals surface area contributed by atoms with Gasteiger partial charge in [0, 0.05) is 24.0 Å². The number of hydrogen-bond acceptors (Lipinski definition) is 3. The highest BCUT2D eigenvalue weighted by molar-refractivity contribution is 5.94. The zero-order chi connectivity index (χ0) is 15.3. The summed E-state index contributed by atoms with van der Waals surface area (Å²) in [5.41, 5.74) is 0.482. The third-order valence-electron chi connectivity index (χ3n) is 4.26. The number of amides is 1. The molecule has 1 amide bonds. The highest BCUT2D eigenvalue weighted by Gasteiger charge is 2.38. The van der Waals surface area contributed by atoms with E-state index in [0.29, 0.717) is 18.4 Å². The number of hydrogen-bond donors (Lipinski definition) is 2. The monoisotopic (exact) mass is 290 g/mol. The number of pyridine rings is 1. The molecule has 1 fully saturated rings. The van der Waals surface area contributed by atoms with Crippen LogP contribution in [0.1, 0.15) is 54.6 Å². The van der Waals surface area contributed by atoms with E-state index < -0.39 is 11.4 Å². The predicted octanol–water partition coefficient (Wildman–Crippen LogP) is 2.55. The number of carbonyl (C=O) groups is 2. The second-order valence-electron chi connectivity index (χ2n) is 5.87. The maximum absolute atomic E-state index is 12.2. The van der Waals surface area contributed by atoms with Crippen LogP contribution in [0.4, 0.5) is 0 Å². The molecule has 1 heterocycles. The first-order chi connectivity index (χ1) is 10.0. The average molecular weight is 290 g/mol. The Balaban J connectivity index is 2.04. The van der Waals surface area contributed by atoms with Crippen molar-refractivity contribution in [2.75, 3.05) is 6.54 Å². The summed E-state index contributed by atoms with van der Waals surface area (Å²) < 4.78 is 0. The maximum Gasteiger partial charge on any atom is 0.311 e. The summed E-state index contributed by atoms with van der Waals surface area (Å²) in [6.45, 7) is 2.02. The third-order valence-corrected chi connectivity index (χ3v) is 4.26.